The van der Waals surface area contributed by atoms with Crippen molar-refractivity contribution in [2.45, 2.75) is 37.1 Å². The van der Waals surface area contributed by atoms with Crippen LogP contribution in [-0.2, 0) is 4.74 Å². The van der Waals surface area contributed by atoms with E-state index in [1.165, 1.54) is 6.07 Å². The molecule has 100 valence electrons. The van der Waals surface area contributed by atoms with E-state index < -0.39 is 0 Å². The molecule has 0 radical (unpaired) electrons. The lowest BCUT2D eigenvalue weighted by Gasteiger charge is -2.36. The van der Waals surface area contributed by atoms with Gasteiger partial charge in [0.1, 0.15) is 5.82 Å². The van der Waals surface area contributed by atoms with E-state index >= 15 is 0 Å². The second kappa shape index (κ2) is 6.49. The molecule has 4 heteroatoms. The van der Waals surface area contributed by atoms with E-state index in [4.69, 9.17) is 4.74 Å². The van der Waals surface area contributed by atoms with Crippen LogP contribution in [0.3, 0.4) is 0 Å². The van der Waals surface area contributed by atoms with Gasteiger partial charge in [0.25, 0.3) is 0 Å². The summed E-state index contributed by atoms with van der Waals surface area (Å²) >= 11 is 6.92. The number of rotatable bonds is 5. The number of halogens is 3. The minimum atomic E-state index is -0.210. The quantitative estimate of drug-likeness (QED) is 0.636. The first kappa shape index (κ1) is 14.5. The second-order valence-electron chi connectivity index (χ2n) is 4.79. The summed E-state index contributed by atoms with van der Waals surface area (Å²) in [6.45, 7) is 2.84. The van der Waals surface area contributed by atoms with Crippen molar-refractivity contribution in [1.82, 2.24) is 0 Å². The number of hydrogen-bond acceptors (Lipinski definition) is 1. The highest BCUT2D eigenvalue weighted by atomic mass is 79.9. The molecule has 1 nitrogen and oxygen atoms in total. The van der Waals surface area contributed by atoms with Gasteiger partial charge in [0, 0.05) is 11.4 Å². The molecular weight excluding hydrogens is 363 g/mol. The Morgan fingerprint density at radius 1 is 1.44 bits per heavy atom. The van der Waals surface area contributed by atoms with E-state index in [1.807, 2.05) is 19.1 Å². The number of alkyl halides is 1. The van der Waals surface area contributed by atoms with Gasteiger partial charge in [0.2, 0.25) is 0 Å². The van der Waals surface area contributed by atoms with Gasteiger partial charge in [0.15, 0.2) is 0 Å². The second-order valence-corrected chi connectivity index (χ2v) is 6.75. The molecule has 1 fully saturated rings. The van der Waals surface area contributed by atoms with E-state index in [0.29, 0.717) is 15.4 Å². The fourth-order valence-electron chi connectivity index (χ4n) is 2.37. The van der Waals surface area contributed by atoms with E-state index in [1.54, 1.807) is 0 Å². The van der Waals surface area contributed by atoms with Crippen LogP contribution in [0.25, 0.3) is 0 Å². The first-order valence-corrected chi connectivity index (χ1v) is 8.01. The lowest BCUT2D eigenvalue weighted by atomic mass is 9.78. The number of hydrogen-bond donors (Lipinski definition) is 0. The number of ether oxygens (including phenoxy) is 1. The van der Waals surface area contributed by atoms with Gasteiger partial charge >= 0.3 is 0 Å². The maximum Gasteiger partial charge on any atom is 0.137 e. The van der Waals surface area contributed by atoms with Crippen molar-refractivity contribution in [3.8, 4) is 0 Å². The molecule has 1 aromatic rings. The summed E-state index contributed by atoms with van der Waals surface area (Å²) < 4.78 is 19.2. The highest BCUT2D eigenvalue weighted by Crippen LogP contribution is 2.40. The Morgan fingerprint density at radius 2 is 2.17 bits per heavy atom. The molecule has 1 aromatic carbocycles. The molecule has 0 aliphatic heterocycles. The average Bonchev–Trinajstić information content (AvgIpc) is 2.30. The Morgan fingerprint density at radius 3 is 2.78 bits per heavy atom. The zero-order valence-corrected chi connectivity index (χ0v) is 13.5. The summed E-state index contributed by atoms with van der Waals surface area (Å²) in [5, 5.41) is 0. The van der Waals surface area contributed by atoms with Gasteiger partial charge in [-0.05, 0) is 65.7 Å². The predicted molar refractivity (Wildman–Crippen MR) is 78.5 cm³/mol. The Bertz CT molecular complexity index is 405. The van der Waals surface area contributed by atoms with Crippen LogP contribution in [0.1, 0.15) is 36.6 Å². The van der Waals surface area contributed by atoms with Gasteiger partial charge in [-0.15, -0.1) is 0 Å². The maximum absolute atomic E-state index is 13.2. The molecule has 0 spiro atoms. The molecule has 1 unspecified atom stereocenters. The van der Waals surface area contributed by atoms with Crippen molar-refractivity contribution in [1.29, 1.82) is 0 Å². The zero-order chi connectivity index (χ0) is 13.1. The van der Waals surface area contributed by atoms with Crippen molar-refractivity contribution < 1.29 is 9.13 Å². The van der Waals surface area contributed by atoms with E-state index in [-0.39, 0.29) is 5.82 Å². The smallest absolute Gasteiger partial charge is 0.137 e. The van der Waals surface area contributed by atoms with E-state index in [2.05, 4.69) is 31.9 Å². The van der Waals surface area contributed by atoms with Crippen LogP contribution in [0.2, 0.25) is 0 Å². The average molecular weight is 380 g/mol. The van der Waals surface area contributed by atoms with Crippen molar-refractivity contribution >= 4 is 31.9 Å². The summed E-state index contributed by atoms with van der Waals surface area (Å²) in [7, 11) is 0. The Balaban J connectivity index is 1.85. The third kappa shape index (κ3) is 3.55. The molecule has 2 rings (SSSR count). The molecule has 0 bridgehead atoms. The van der Waals surface area contributed by atoms with Crippen LogP contribution in [0.5, 0.6) is 0 Å². The highest BCUT2D eigenvalue weighted by Gasteiger charge is 2.31. The van der Waals surface area contributed by atoms with E-state index in [9.17, 15) is 4.39 Å². The molecular formula is C14H17Br2FO. The highest BCUT2D eigenvalue weighted by molar-refractivity contribution is 9.10. The molecule has 0 amide bonds. The Kier molecular flexibility index (Phi) is 5.22. The summed E-state index contributed by atoms with van der Waals surface area (Å²) in [5.74, 6) is 0.508. The minimum absolute atomic E-state index is 0.210. The van der Waals surface area contributed by atoms with Gasteiger partial charge < -0.3 is 4.74 Å². The van der Waals surface area contributed by atoms with Crippen LogP contribution in [0.15, 0.2) is 22.7 Å². The fourth-order valence-corrected chi connectivity index (χ4v) is 3.58. The summed E-state index contributed by atoms with van der Waals surface area (Å²) in [4.78, 5) is 0.293. The number of benzene rings is 1. The third-order valence-electron chi connectivity index (χ3n) is 3.44. The normalized spacial score (nSPS) is 24.7. The first-order valence-electron chi connectivity index (χ1n) is 6.30. The van der Waals surface area contributed by atoms with Gasteiger partial charge in [-0.2, -0.15) is 0 Å². The lowest BCUT2D eigenvalue weighted by molar-refractivity contribution is -0.0264. The van der Waals surface area contributed by atoms with Gasteiger partial charge in [0.05, 0.1) is 10.6 Å². The Hall–Kier alpha value is 0.0700. The van der Waals surface area contributed by atoms with Crippen LogP contribution < -0.4 is 0 Å². The minimum Gasteiger partial charge on any atom is -0.378 e. The lowest BCUT2D eigenvalue weighted by Crippen LogP contribution is -2.31. The molecule has 0 aromatic heterocycles. The monoisotopic (exact) mass is 378 g/mol. The van der Waals surface area contributed by atoms with Crippen LogP contribution in [-0.4, -0.2) is 12.7 Å². The molecule has 1 atom stereocenters. The van der Waals surface area contributed by atoms with Crippen LogP contribution in [0, 0.1) is 11.7 Å². The van der Waals surface area contributed by atoms with Crippen molar-refractivity contribution in [2.24, 2.45) is 5.92 Å². The largest absolute Gasteiger partial charge is 0.378 e. The molecule has 0 heterocycles. The molecule has 1 aliphatic carbocycles. The summed E-state index contributed by atoms with van der Waals surface area (Å²) in [5.41, 5.74) is 1.13. The van der Waals surface area contributed by atoms with Crippen LogP contribution >= 0.6 is 31.9 Å². The fraction of sp³-hybridized carbons (Fsp3) is 0.571. The van der Waals surface area contributed by atoms with Crippen molar-refractivity contribution in [2.75, 3.05) is 6.61 Å². The van der Waals surface area contributed by atoms with Gasteiger partial charge in [-0.3, -0.25) is 0 Å². The van der Waals surface area contributed by atoms with Crippen molar-refractivity contribution in [3.63, 3.8) is 0 Å². The van der Waals surface area contributed by atoms with E-state index in [0.717, 1.165) is 37.4 Å². The Labute approximate surface area is 124 Å². The SMILES string of the molecule is CCOC1CC(CC(Br)c2ccc(F)c(Br)c2)C1. The zero-order valence-electron chi connectivity index (χ0n) is 10.3. The predicted octanol–water partition coefficient (Wildman–Crippen LogP) is 5.23. The summed E-state index contributed by atoms with van der Waals surface area (Å²) in [6, 6.07) is 5.21. The molecule has 1 saturated carbocycles. The van der Waals surface area contributed by atoms with Gasteiger partial charge in [-0.25, -0.2) is 4.39 Å². The standard InChI is InChI=1S/C14H17Br2FO/c1-2-18-11-5-9(6-11)7-12(15)10-3-4-14(17)13(16)8-10/h3-4,8-9,11-12H,2,5-7H2,1H3. The van der Waals surface area contributed by atoms with Gasteiger partial charge in [-0.1, -0.05) is 22.0 Å². The first-order chi connectivity index (χ1) is 8.60. The third-order valence-corrected chi connectivity index (χ3v) is 4.95. The summed E-state index contributed by atoms with van der Waals surface area (Å²) in [6.07, 6.45) is 3.85. The maximum atomic E-state index is 13.2. The van der Waals surface area contributed by atoms with Crippen molar-refractivity contribution in [3.05, 3.63) is 34.1 Å². The molecule has 0 N–H and O–H groups in total. The van der Waals surface area contributed by atoms with Crippen LogP contribution in [0.4, 0.5) is 4.39 Å². The topological polar surface area (TPSA) is 9.23 Å². The molecule has 18 heavy (non-hydrogen) atoms. The molecule has 0 saturated heterocycles. The molecule has 1 aliphatic rings.